The molecule has 0 radical (unpaired) electrons. The first kappa shape index (κ1) is 8.78. The van der Waals surface area contributed by atoms with Crippen molar-refractivity contribution >= 4 is 0 Å². The molecule has 16 heavy (non-hydrogen) atoms. The van der Waals surface area contributed by atoms with Crippen LogP contribution in [-0.4, -0.2) is 29.5 Å². The Morgan fingerprint density at radius 2 is 0.875 bits per heavy atom. The Labute approximate surface area is 91.2 Å². The zero-order valence-electron chi connectivity index (χ0n) is 8.30. The Morgan fingerprint density at radius 1 is 0.562 bits per heavy atom. The smallest absolute Gasteiger partial charge is 0.123 e. The van der Waals surface area contributed by atoms with E-state index in [0.717, 1.165) is 11.4 Å². The lowest BCUT2D eigenvalue weighted by Crippen LogP contribution is -1.93. The van der Waals surface area contributed by atoms with Crippen molar-refractivity contribution in [1.29, 1.82) is 0 Å². The second kappa shape index (κ2) is 3.58. The van der Waals surface area contributed by atoms with Gasteiger partial charge in [0.25, 0.3) is 0 Å². The lowest BCUT2D eigenvalue weighted by Gasteiger charge is -2.03. The average Bonchev–Trinajstić information content (AvgIpc) is 3.03. The van der Waals surface area contributed by atoms with Crippen molar-refractivity contribution in [1.82, 2.24) is 29.5 Å². The van der Waals surface area contributed by atoms with Crippen LogP contribution < -0.4 is 0 Å². The van der Waals surface area contributed by atoms with Crippen LogP contribution in [0, 0.1) is 0 Å². The highest BCUT2D eigenvalue weighted by Crippen LogP contribution is 2.11. The van der Waals surface area contributed by atoms with Crippen molar-refractivity contribution < 1.29 is 0 Å². The zero-order valence-corrected chi connectivity index (χ0v) is 8.30. The van der Waals surface area contributed by atoms with Crippen LogP contribution in [0.3, 0.4) is 0 Å². The van der Waals surface area contributed by atoms with Crippen LogP contribution in [0.15, 0.2) is 49.6 Å². The normalized spacial score (nSPS) is 10.5. The van der Waals surface area contributed by atoms with Gasteiger partial charge in [0.1, 0.15) is 25.3 Å². The minimum absolute atomic E-state index is 1.02. The molecule has 3 aromatic rings. The van der Waals surface area contributed by atoms with Crippen LogP contribution in [0.5, 0.6) is 0 Å². The summed E-state index contributed by atoms with van der Waals surface area (Å²) in [7, 11) is 0. The van der Waals surface area contributed by atoms with Crippen molar-refractivity contribution in [2.45, 2.75) is 0 Å². The Balaban J connectivity index is 1.97. The summed E-state index contributed by atoms with van der Waals surface area (Å²) < 4.78 is 3.69. The Hall–Kier alpha value is -2.50. The minimum atomic E-state index is 1.02. The standard InChI is InChI=1S/C10H8N6/c1-2-10(16-7-13-14-8-16)4-3-9(1)15-5-11-12-6-15/h1-8H. The van der Waals surface area contributed by atoms with Gasteiger partial charge in [0.2, 0.25) is 0 Å². The SMILES string of the molecule is c1cc(-n2cnnc2)ccc1-n1cnnc1. The van der Waals surface area contributed by atoms with E-state index >= 15 is 0 Å². The number of hydrogen-bond donors (Lipinski definition) is 0. The first-order chi connectivity index (χ1) is 7.93. The maximum absolute atomic E-state index is 3.76. The average molecular weight is 212 g/mol. The van der Waals surface area contributed by atoms with Gasteiger partial charge in [-0.15, -0.1) is 20.4 Å². The van der Waals surface area contributed by atoms with Crippen LogP contribution in [-0.2, 0) is 0 Å². The first-order valence-corrected chi connectivity index (χ1v) is 4.73. The van der Waals surface area contributed by atoms with E-state index in [1.54, 1.807) is 25.3 Å². The molecular weight excluding hydrogens is 204 g/mol. The molecule has 0 aliphatic heterocycles. The Kier molecular flexibility index (Phi) is 1.96. The zero-order chi connectivity index (χ0) is 10.8. The van der Waals surface area contributed by atoms with Gasteiger partial charge in [-0.3, -0.25) is 9.13 Å². The molecule has 0 amide bonds. The molecule has 0 aliphatic carbocycles. The van der Waals surface area contributed by atoms with E-state index in [4.69, 9.17) is 0 Å². The Morgan fingerprint density at radius 3 is 1.19 bits per heavy atom. The van der Waals surface area contributed by atoms with Crippen molar-refractivity contribution in [3.63, 3.8) is 0 Å². The molecule has 1 aromatic carbocycles. The fourth-order valence-corrected chi connectivity index (χ4v) is 1.46. The number of rotatable bonds is 2. The Bertz CT molecular complexity index is 499. The van der Waals surface area contributed by atoms with Gasteiger partial charge in [-0.05, 0) is 24.3 Å². The van der Waals surface area contributed by atoms with Crippen molar-refractivity contribution in [2.24, 2.45) is 0 Å². The highest BCUT2D eigenvalue weighted by Gasteiger charge is 1.98. The summed E-state index contributed by atoms with van der Waals surface area (Å²) >= 11 is 0. The molecule has 0 N–H and O–H groups in total. The predicted molar refractivity (Wildman–Crippen MR) is 56.3 cm³/mol. The largest absolute Gasteiger partial charge is 0.288 e. The third kappa shape index (κ3) is 1.46. The van der Waals surface area contributed by atoms with Crippen LogP contribution >= 0.6 is 0 Å². The van der Waals surface area contributed by atoms with Gasteiger partial charge in [-0.1, -0.05) is 0 Å². The number of benzene rings is 1. The summed E-state index contributed by atoms with van der Waals surface area (Å²) in [5.41, 5.74) is 2.03. The number of nitrogens with zero attached hydrogens (tertiary/aromatic N) is 6. The van der Waals surface area contributed by atoms with Crippen LogP contribution in [0.25, 0.3) is 11.4 Å². The highest BCUT2D eigenvalue weighted by molar-refractivity contribution is 5.40. The highest BCUT2D eigenvalue weighted by atomic mass is 15.2. The fourth-order valence-electron chi connectivity index (χ4n) is 1.46. The topological polar surface area (TPSA) is 61.4 Å². The molecule has 0 atom stereocenters. The molecule has 78 valence electrons. The molecule has 0 aliphatic rings. The number of hydrogen-bond acceptors (Lipinski definition) is 4. The summed E-state index contributed by atoms with van der Waals surface area (Å²) in [6.07, 6.45) is 6.64. The molecule has 0 saturated carbocycles. The maximum Gasteiger partial charge on any atom is 0.123 e. The minimum Gasteiger partial charge on any atom is -0.288 e. The lowest BCUT2D eigenvalue weighted by atomic mass is 10.3. The molecule has 0 saturated heterocycles. The maximum atomic E-state index is 3.76. The molecule has 3 rings (SSSR count). The molecule has 0 spiro atoms. The van der Waals surface area contributed by atoms with Crippen molar-refractivity contribution in [3.8, 4) is 11.4 Å². The molecule has 0 unspecified atom stereocenters. The van der Waals surface area contributed by atoms with Gasteiger partial charge >= 0.3 is 0 Å². The van der Waals surface area contributed by atoms with Gasteiger partial charge in [0, 0.05) is 11.4 Å². The van der Waals surface area contributed by atoms with Crippen molar-refractivity contribution in [2.75, 3.05) is 0 Å². The first-order valence-electron chi connectivity index (χ1n) is 4.73. The molecule has 0 bridgehead atoms. The lowest BCUT2D eigenvalue weighted by molar-refractivity contribution is 1.03. The van der Waals surface area contributed by atoms with Crippen LogP contribution in [0.4, 0.5) is 0 Å². The third-order valence-electron chi connectivity index (χ3n) is 2.28. The van der Waals surface area contributed by atoms with E-state index in [1.807, 2.05) is 33.4 Å². The predicted octanol–water partition coefficient (Wildman–Crippen LogP) is 0.848. The second-order valence-electron chi connectivity index (χ2n) is 3.25. The fraction of sp³-hybridized carbons (Fsp3) is 0. The van der Waals surface area contributed by atoms with Gasteiger partial charge < -0.3 is 0 Å². The van der Waals surface area contributed by atoms with E-state index in [0.29, 0.717) is 0 Å². The molecule has 2 heterocycles. The summed E-state index contributed by atoms with van der Waals surface area (Å²) in [5, 5.41) is 15.0. The summed E-state index contributed by atoms with van der Waals surface area (Å²) in [4.78, 5) is 0. The summed E-state index contributed by atoms with van der Waals surface area (Å²) in [6, 6.07) is 7.94. The molecule has 2 aromatic heterocycles. The molecule has 6 heteroatoms. The van der Waals surface area contributed by atoms with Gasteiger partial charge in [0.05, 0.1) is 0 Å². The quantitative estimate of drug-likeness (QED) is 0.631. The number of aromatic nitrogens is 6. The third-order valence-corrected chi connectivity index (χ3v) is 2.28. The van der Waals surface area contributed by atoms with Gasteiger partial charge in [-0.2, -0.15) is 0 Å². The van der Waals surface area contributed by atoms with E-state index in [1.165, 1.54) is 0 Å². The summed E-state index contributed by atoms with van der Waals surface area (Å²) in [6.45, 7) is 0. The van der Waals surface area contributed by atoms with Crippen molar-refractivity contribution in [3.05, 3.63) is 49.6 Å². The molecule has 0 fully saturated rings. The van der Waals surface area contributed by atoms with Crippen LogP contribution in [0.1, 0.15) is 0 Å². The molecule has 6 nitrogen and oxygen atoms in total. The van der Waals surface area contributed by atoms with E-state index in [2.05, 4.69) is 20.4 Å². The van der Waals surface area contributed by atoms with Gasteiger partial charge in [0.15, 0.2) is 0 Å². The monoisotopic (exact) mass is 212 g/mol. The van der Waals surface area contributed by atoms with E-state index in [-0.39, 0.29) is 0 Å². The second-order valence-corrected chi connectivity index (χ2v) is 3.25. The van der Waals surface area contributed by atoms with E-state index in [9.17, 15) is 0 Å². The van der Waals surface area contributed by atoms with Crippen LogP contribution in [0.2, 0.25) is 0 Å². The van der Waals surface area contributed by atoms with E-state index < -0.39 is 0 Å². The van der Waals surface area contributed by atoms with Gasteiger partial charge in [-0.25, -0.2) is 0 Å². The summed E-state index contributed by atoms with van der Waals surface area (Å²) in [5.74, 6) is 0. The molecular formula is C10H8N6.